The second kappa shape index (κ2) is 10.3. The average Bonchev–Trinajstić information content (AvgIpc) is 2.92. The fourth-order valence-corrected chi connectivity index (χ4v) is 10.3. The van der Waals surface area contributed by atoms with Crippen LogP contribution in [0.5, 0.6) is 0 Å². The molecule has 0 saturated heterocycles. The molecule has 0 aliphatic rings. The van der Waals surface area contributed by atoms with E-state index in [1.165, 1.54) is 5.30 Å². The van der Waals surface area contributed by atoms with Crippen molar-refractivity contribution in [2.75, 3.05) is 9.34 Å². The van der Waals surface area contributed by atoms with Crippen LogP contribution >= 0.6 is 5.81 Å². The van der Waals surface area contributed by atoms with Crippen LogP contribution in [0, 0.1) is 0 Å². The molecule has 5 rings (SSSR count). The first kappa shape index (κ1) is 22.4. The average molecular weight is 523 g/mol. The molecule has 0 atom stereocenters. The van der Waals surface area contributed by atoms with E-state index in [9.17, 15) is 0 Å². The van der Waals surface area contributed by atoms with Crippen LogP contribution in [0.25, 0.3) is 0 Å². The molecule has 0 fully saturated rings. The van der Waals surface area contributed by atoms with Gasteiger partial charge in [-0.2, -0.15) is 0 Å². The van der Waals surface area contributed by atoms with Crippen molar-refractivity contribution in [2.24, 2.45) is 0 Å². The summed E-state index contributed by atoms with van der Waals surface area (Å²) in [7, 11) is 0. The van der Waals surface area contributed by atoms with Gasteiger partial charge in [-0.25, -0.2) is 0 Å². The van der Waals surface area contributed by atoms with Gasteiger partial charge in [0, 0.05) is 0 Å². The third-order valence-electron chi connectivity index (χ3n) is 5.64. The summed E-state index contributed by atoms with van der Waals surface area (Å²) in [5.74, 6) is -2.39. The van der Waals surface area contributed by atoms with E-state index < -0.39 is 5.81 Å². The summed E-state index contributed by atoms with van der Waals surface area (Å²) in [4.78, 5) is 0. The second-order valence-electron chi connectivity index (χ2n) is 7.85. The molecule has 4 heteroatoms. The Labute approximate surface area is 209 Å². The molecule has 0 N–H and O–H groups in total. The Bertz CT molecular complexity index is 1200. The molecular formula is C30H25N2PSe. The van der Waals surface area contributed by atoms with Gasteiger partial charge in [0.25, 0.3) is 0 Å². The predicted octanol–water partition coefficient (Wildman–Crippen LogP) is 7.92. The Kier molecular flexibility index (Phi) is 6.79. The molecule has 34 heavy (non-hydrogen) atoms. The maximum atomic E-state index is 3.76. The van der Waals surface area contributed by atoms with E-state index in [4.69, 9.17) is 0 Å². The van der Waals surface area contributed by atoms with Crippen LogP contribution in [0.15, 0.2) is 152 Å². The van der Waals surface area contributed by atoms with Gasteiger partial charge in [-0.15, -0.1) is 0 Å². The van der Waals surface area contributed by atoms with Gasteiger partial charge in [0.05, 0.1) is 0 Å². The van der Waals surface area contributed by atoms with Gasteiger partial charge in [-0.3, -0.25) is 0 Å². The van der Waals surface area contributed by atoms with Crippen LogP contribution in [0.4, 0.5) is 22.7 Å². The SMILES string of the molecule is [Se]=P(c1ccccc1)(N(c1ccccc1)c1ccccc1)N(c1ccccc1)c1ccccc1. The summed E-state index contributed by atoms with van der Waals surface area (Å²) < 4.78 is 4.98. The standard InChI is InChI=1S/C30H25N2PSe/c34-33(30-24-14-5-15-25-30,31(26-16-6-1-7-17-26)27-18-8-2-9-19-27)32(28-20-10-3-11-21-28)29-22-12-4-13-23-29/h1-25H. The summed E-state index contributed by atoms with van der Waals surface area (Å²) in [6, 6.07) is 53.5. The van der Waals surface area contributed by atoms with Crippen LogP contribution in [0.2, 0.25) is 0 Å². The zero-order chi connectivity index (χ0) is 23.2. The van der Waals surface area contributed by atoms with Crippen LogP contribution in [-0.2, 0) is 0 Å². The van der Waals surface area contributed by atoms with Crippen LogP contribution < -0.4 is 14.6 Å². The summed E-state index contributed by atoms with van der Waals surface area (Å²) in [5.41, 5.74) is 4.56. The molecule has 0 bridgehead atoms. The molecule has 5 aromatic carbocycles. The molecule has 0 aliphatic heterocycles. The van der Waals surface area contributed by atoms with Crippen LogP contribution in [-0.4, -0.2) is 15.1 Å². The van der Waals surface area contributed by atoms with Crippen molar-refractivity contribution in [1.29, 1.82) is 0 Å². The Morgan fingerprint density at radius 1 is 0.353 bits per heavy atom. The van der Waals surface area contributed by atoms with E-state index in [2.05, 4.69) is 176 Å². The van der Waals surface area contributed by atoms with Gasteiger partial charge in [0.2, 0.25) is 0 Å². The number of rotatable bonds is 7. The van der Waals surface area contributed by atoms with Gasteiger partial charge in [-0.1, -0.05) is 0 Å². The summed E-state index contributed by atoms with van der Waals surface area (Å²) in [5, 5.41) is 1.25. The Hall–Kier alpha value is -3.35. The van der Waals surface area contributed by atoms with Gasteiger partial charge in [-0.05, 0) is 0 Å². The third-order valence-corrected chi connectivity index (χ3v) is 12.0. The van der Waals surface area contributed by atoms with E-state index in [0.29, 0.717) is 0 Å². The number of benzene rings is 5. The number of para-hydroxylation sites is 4. The van der Waals surface area contributed by atoms with Crippen molar-refractivity contribution in [1.82, 2.24) is 0 Å². The summed E-state index contributed by atoms with van der Waals surface area (Å²) in [6.07, 6.45) is 0. The fourth-order valence-electron chi connectivity index (χ4n) is 4.14. The second-order valence-corrected chi connectivity index (χ2v) is 13.5. The monoisotopic (exact) mass is 524 g/mol. The first-order valence-corrected chi connectivity index (χ1v) is 15.2. The normalized spacial score (nSPS) is 11.1. The zero-order valence-corrected chi connectivity index (χ0v) is 21.3. The Morgan fingerprint density at radius 3 is 0.853 bits per heavy atom. The van der Waals surface area contributed by atoms with E-state index in [1.807, 2.05) is 0 Å². The van der Waals surface area contributed by atoms with Gasteiger partial charge in [0.1, 0.15) is 0 Å². The molecule has 0 saturated carbocycles. The molecule has 0 radical (unpaired) electrons. The first-order chi connectivity index (χ1) is 16.8. The molecule has 0 aliphatic carbocycles. The van der Waals surface area contributed by atoms with Gasteiger partial charge in [0.15, 0.2) is 0 Å². The predicted molar refractivity (Wildman–Crippen MR) is 149 cm³/mol. The summed E-state index contributed by atoms with van der Waals surface area (Å²) in [6.45, 7) is 0. The fraction of sp³-hybridized carbons (Fsp3) is 0. The molecule has 0 unspecified atom stereocenters. The van der Waals surface area contributed by atoms with Crippen molar-refractivity contribution >= 4 is 49.0 Å². The van der Waals surface area contributed by atoms with Crippen molar-refractivity contribution in [3.8, 4) is 0 Å². The minimum atomic E-state index is -2.39. The van der Waals surface area contributed by atoms with Crippen molar-refractivity contribution < 1.29 is 0 Å². The Morgan fingerprint density at radius 2 is 0.588 bits per heavy atom. The summed E-state index contributed by atoms with van der Waals surface area (Å²) >= 11 is 3.76. The number of nitrogens with zero attached hydrogens (tertiary/aromatic N) is 2. The van der Waals surface area contributed by atoms with Crippen molar-refractivity contribution in [2.45, 2.75) is 0 Å². The van der Waals surface area contributed by atoms with Gasteiger partial charge >= 0.3 is 210 Å². The van der Waals surface area contributed by atoms with Crippen LogP contribution in [0.1, 0.15) is 0 Å². The van der Waals surface area contributed by atoms with E-state index in [-0.39, 0.29) is 0 Å². The molecule has 0 amide bonds. The maximum absolute atomic E-state index is 3.76. The van der Waals surface area contributed by atoms with Crippen LogP contribution in [0.3, 0.4) is 0 Å². The topological polar surface area (TPSA) is 6.48 Å². The number of anilines is 4. The Balaban J connectivity index is 1.86. The molecule has 166 valence electrons. The molecular weight excluding hydrogens is 498 g/mol. The third kappa shape index (κ3) is 4.39. The number of hydrogen-bond donors (Lipinski definition) is 0. The minimum absolute atomic E-state index is 1.14. The van der Waals surface area contributed by atoms with E-state index >= 15 is 0 Å². The number of hydrogen-bond acceptors (Lipinski definition) is 2. The molecule has 0 spiro atoms. The van der Waals surface area contributed by atoms with E-state index in [0.717, 1.165) is 22.7 Å². The molecule has 5 aromatic rings. The zero-order valence-electron chi connectivity index (χ0n) is 18.7. The quantitative estimate of drug-likeness (QED) is 0.158. The van der Waals surface area contributed by atoms with Crippen molar-refractivity contribution in [3.63, 3.8) is 0 Å². The van der Waals surface area contributed by atoms with Gasteiger partial charge < -0.3 is 0 Å². The molecule has 0 aromatic heterocycles. The molecule has 2 nitrogen and oxygen atoms in total. The van der Waals surface area contributed by atoms with Crippen molar-refractivity contribution in [3.05, 3.63) is 152 Å². The molecule has 0 heterocycles. The first-order valence-electron chi connectivity index (χ1n) is 11.3. The van der Waals surface area contributed by atoms with E-state index in [1.54, 1.807) is 0 Å².